The van der Waals surface area contributed by atoms with Gasteiger partial charge in [-0.2, -0.15) is 0 Å². The Balaban J connectivity index is 1.64. The van der Waals surface area contributed by atoms with Crippen molar-refractivity contribution >= 4 is 6.03 Å². The predicted molar refractivity (Wildman–Crippen MR) is 81.6 cm³/mol. The van der Waals surface area contributed by atoms with E-state index in [1.165, 1.54) is 0 Å². The van der Waals surface area contributed by atoms with Crippen LogP contribution in [0.25, 0.3) is 0 Å². The first-order valence-corrected chi connectivity index (χ1v) is 7.34. The van der Waals surface area contributed by atoms with Crippen molar-refractivity contribution in [3.8, 4) is 0 Å². The summed E-state index contributed by atoms with van der Waals surface area (Å²) in [5.41, 5.74) is 2.09. The fourth-order valence-electron chi connectivity index (χ4n) is 2.77. The molecule has 108 valence electrons. The van der Waals surface area contributed by atoms with Crippen LogP contribution in [0.2, 0.25) is 0 Å². The first-order chi connectivity index (χ1) is 10.3. The van der Waals surface area contributed by atoms with E-state index in [4.69, 9.17) is 0 Å². The topological polar surface area (TPSA) is 45.2 Å². The van der Waals surface area contributed by atoms with Gasteiger partial charge in [-0.05, 0) is 30.5 Å². The van der Waals surface area contributed by atoms with Crippen molar-refractivity contribution < 1.29 is 4.79 Å². The number of nitrogens with one attached hydrogen (secondary N) is 1. The maximum Gasteiger partial charge on any atom is 0.318 e. The first kappa shape index (κ1) is 13.6. The first-order valence-electron chi connectivity index (χ1n) is 7.34. The molecule has 0 spiro atoms. The lowest BCUT2D eigenvalue weighted by molar-refractivity contribution is 0.191. The van der Waals surface area contributed by atoms with E-state index >= 15 is 0 Å². The lowest BCUT2D eigenvalue weighted by atomic mass is 10.1. The second-order valence-corrected chi connectivity index (χ2v) is 5.25. The van der Waals surface area contributed by atoms with Crippen LogP contribution in [-0.2, 0) is 6.54 Å². The van der Waals surface area contributed by atoms with Gasteiger partial charge in [-0.3, -0.25) is 4.98 Å². The van der Waals surface area contributed by atoms with Gasteiger partial charge in [0.05, 0.1) is 11.7 Å². The highest BCUT2D eigenvalue weighted by molar-refractivity contribution is 5.75. The van der Waals surface area contributed by atoms with Gasteiger partial charge in [0.15, 0.2) is 0 Å². The Bertz CT molecular complexity index is 585. The lowest BCUT2D eigenvalue weighted by Gasteiger charge is -2.24. The van der Waals surface area contributed by atoms with Crippen molar-refractivity contribution in [2.75, 3.05) is 6.54 Å². The summed E-state index contributed by atoms with van der Waals surface area (Å²) in [7, 11) is 0. The number of carbonyl (C=O) groups excluding carboxylic acids is 1. The lowest BCUT2D eigenvalue weighted by Crippen LogP contribution is -2.39. The summed E-state index contributed by atoms with van der Waals surface area (Å²) in [6.45, 7) is 1.35. The second kappa shape index (κ2) is 6.39. The van der Waals surface area contributed by atoms with E-state index in [1.807, 2.05) is 53.4 Å². The molecule has 1 saturated heterocycles. The Kier molecular flexibility index (Phi) is 4.15. The van der Waals surface area contributed by atoms with Crippen molar-refractivity contribution in [3.05, 3.63) is 66.0 Å². The van der Waals surface area contributed by atoms with E-state index in [2.05, 4.69) is 10.3 Å². The molecule has 1 aromatic carbocycles. The third-order valence-corrected chi connectivity index (χ3v) is 3.83. The highest BCUT2D eigenvalue weighted by Crippen LogP contribution is 2.30. The van der Waals surface area contributed by atoms with Gasteiger partial charge in [0, 0.05) is 19.3 Å². The van der Waals surface area contributed by atoms with E-state index in [0.717, 1.165) is 30.6 Å². The molecule has 21 heavy (non-hydrogen) atoms. The van der Waals surface area contributed by atoms with Crippen molar-refractivity contribution in [1.29, 1.82) is 0 Å². The third kappa shape index (κ3) is 3.21. The predicted octanol–water partition coefficient (Wildman–Crippen LogP) is 3.13. The van der Waals surface area contributed by atoms with Gasteiger partial charge < -0.3 is 10.2 Å². The molecule has 2 heterocycles. The van der Waals surface area contributed by atoms with Crippen LogP contribution in [0, 0.1) is 0 Å². The van der Waals surface area contributed by atoms with E-state index < -0.39 is 0 Å². The van der Waals surface area contributed by atoms with E-state index in [9.17, 15) is 4.79 Å². The van der Waals surface area contributed by atoms with Crippen LogP contribution in [0.5, 0.6) is 0 Å². The molecule has 2 aromatic rings. The SMILES string of the molecule is O=C(NCc1ccccc1)N1CCCC1c1ccccn1. The maximum atomic E-state index is 12.4. The molecule has 1 aliphatic heterocycles. The van der Waals surface area contributed by atoms with Crippen LogP contribution in [0.15, 0.2) is 54.7 Å². The number of rotatable bonds is 3. The Hall–Kier alpha value is -2.36. The van der Waals surface area contributed by atoms with Crippen LogP contribution < -0.4 is 5.32 Å². The molecular formula is C17H19N3O. The smallest absolute Gasteiger partial charge is 0.318 e. The van der Waals surface area contributed by atoms with E-state index in [1.54, 1.807) is 6.20 Å². The quantitative estimate of drug-likeness (QED) is 0.939. The number of carbonyl (C=O) groups is 1. The number of hydrogen-bond acceptors (Lipinski definition) is 2. The summed E-state index contributed by atoms with van der Waals surface area (Å²) in [4.78, 5) is 18.7. The molecule has 1 aliphatic rings. The number of benzene rings is 1. The number of aromatic nitrogens is 1. The third-order valence-electron chi connectivity index (χ3n) is 3.83. The zero-order valence-electron chi connectivity index (χ0n) is 11.9. The van der Waals surface area contributed by atoms with Crippen molar-refractivity contribution in [3.63, 3.8) is 0 Å². The highest BCUT2D eigenvalue weighted by Gasteiger charge is 2.30. The van der Waals surface area contributed by atoms with Gasteiger partial charge in [-0.25, -0.2) is 4.79 Å². The standard InChI is InChI=1S/C17H19N3O/c21-17(19-13-14-7-2-1-3-8-14)20-12-6-10-16(20)15-9-4-5-11-18-15/h1-5,7-9,11,16H,6,10,12-13H2,(H,19,21). The van der Waals surface area contributed by atoms with Gasteiger partial charge in [0.25, 0.3) is 0 Å². The molecule has 3 rings (SSSR count). The summed E-state index contributed by atoms with van der Waals surface area (Å²) in [6, 6.07) is 15.9. The summed E-state index contributed by atoms with van der Waals surface area (Å²) >= 11 is 0. The minimum absolute atomic E-state index is 0.00740. The summed E-state index contributed by atoms with van der Waals surface area (Å²) in [5.74, 6) is 0. The summed E-state index contributed by atoms with van der Waals surface area (Å²) < 4.78 is 0. The zero-order valence-corrected chi connectivity index (χ0v) is 11.9. The largest absolute Gasteiger partial charge is 0.334 e. The minimum atomic E-state index is -0.00740. The van der Waals surface area contributed by atoms with Crippen LogP contribution in [0.4, 0.5) is 4.79 Å². The molecule has 1 unspecified atom stereocenters. The normalized spacial score (nSPS) is 17.7. The summed E-state index contributed by atoms with van der Waals surface area (Å²) in [6.07, 6.45) is 3.80. The van der Waals surface area contributed by atoms with E-state index in [-0.39, 0.29) is 12.1 Å². The minimum Gasteiger partial charge on any atom is -0.334 e. The number of pyridine rings is 1. The van der Waals surface area contributed by atoms with Crippen molar-refractivity contribution in [2.24, 2.45) is 0 Å². The average molecular weight is 281 g/mol. The van der Waals surface area contributed by atoms with Gasteiger partial charge in [-0.1, -0.05) is 36.4 Å². The molecule has 2 amide bonds. The van der Waals surface area contributed by atoms with Crippen molar-refractivity contribution in [2.45, 2.75) is 25.4 Å². The zero-order chi connectivity index (χ0) is 14.5. The maximum absolute atomic E-state index is 12.4. The number of nitrogens with zero attached hydrogens (tertiary/aromatic N) is 2. The Morgan fingerprint density at radius 1 is 1.19 bits per heavy atom. The highest BCUT2D eigenvalue weighted by atomic mass is 16.2. The fourth-order valence-corrected chi connectivity index (χ4v) is 2.77. The van der Waals surface area contributed by atoms with Crippen molar-refractivity contribution in [1.82, 2.24) is 15.2 Å². The molecule has 4 nitrogen and oxygen atoms in total. The van der Waals surface area contributed by atoms with E-state index in [0.29, 0.717) is 6.54 Å². The van der Waals surface area contributed by atoms with Gasteiger partial charge in [0.2, 0.25) is 0 Å². The molecule has 0 radical (unpaired) electrons. The molecule has 1 aromatic heterocycles. The van der Waals surface area contributed by atoms with Crippen LogP contribution >= 0.6 is 0 Å². The molecule has 1 N–H and O–H groups in total. The number of hydrogen-bond donors (Lipinski definition) is 1. The molecule has 0 aliphatic carbocycles. The van der Waals surface area contributed by atoms with Gasteiger partial charge in [-0.15, -0.1) is 0 Å². The second-order valence-electron chi connectivity index (χ2n) is 5.25. The Labute approximate surface area is 124 Å². The van der Waals surface area contributed by atoms with Crippen LogP contribution in [0.3, 0.4) is 0 Å². The summed E-state index contributed by atoms with van der Waals surface area (Å²) in [5, 5.41) is 3.00. The number of likely N-dealkylation sites (tertiary alicyclic amines) is 1. The van der Waals surface area contributed by atoms with Crippen LogP contribution in [-0.4, -0.2) is 22.5 Å². The Morgan fingerprint density at radius 3 is 2.76 bits per heavy atom. The fraction of sp³-hybridized carbons (Fsp3) is 0.294. The van der Waals surface area contributed by atoms with Gasteiger partial charge >= 0.3 is 6.03 Å². The Morgan fingerprint density at radius 2 is 2.00 bits per heavy atom. The molecule has 1 fully saturated rings. The van der Waals surface area contributed by atoms with Crippen LogP contribution in [0.1, 0.15) is 30.1 Å². The molecular weight excluding hydrogens is 262 g/mol. The van der Waals surface area contributed by atoms with Gasteiger partial charge in [0.1, 0.15) is 0 Å². The number of urea groups is 1. The molecule has 0 saturated carbocycles. The molecule has 4 heteroatoms. The molecule has 0 bridgehead atoms. The average Bonchev–Trinajstić information content (AvgIpc) is 3.04. The number of amides is 2. The molecule has 1 atom stereocenters. The monoisotopic (exact) mass is 281 g/mol.